The predicted molar refractivity (Wildman–Crippen MR) is 154 cm³/mol. The van der Waals surface area contributed by atoms with Gasteiger partial charge >= 0.3 is 0 Å². The van der Waals surface area contributed by atoms with Gasteiger partial charge in [-0.15, -0.1) is 0 Å². The smallest absolute Gasteiger partial charge is 0.261 e. The molecule has 0 saturated heterocycles. The molecule has 0 aliphatic heterocycles. The third-order valence-corrected chi connectivity index (χ3v) is 6.75. The highest BCUT2D eigenvalue weighted by atomic mass is 16.5. The van der Waals surface area contributed by atoms with Crippen molar-refractivity contribution < 1.29 is 14.3 Å². The van der Waals surface area contributed by atoms with Crippen molar-refractivity contribution >= 4 is 11.8 Å². The van der Waals surface area contributed by atoms with Crippen LogP contribution in [0.4, 0.5) is 0 Å². The fourth-order valence-corrected chi connectivity index (χ4v) is 4.47. The maximum atomic E-state index is 13.9. The molecule has 0 unspecified atom stereocenters. The lowest BCUT2D eigenvalue weighted by atomic mass is 9.86. The zero-order valence-electron chi connectivity index (χ0n) is 23.5. The van der Waals surface area contributed by atoms with E-state index >= 15 is 0 Å². The highest BCUT2D eigenvalue weighted by Crippen LogP contribution is 2.31. The Bertz CT molecular complexity index is 1180. The van der Waals surface area contributed by atoms with E-state index in [0.29, 0.717) is 25.3 Å². The van der Waals surface area contributed by atoms with Crippen molar-refractivity contribution in [1.82, 2.24) is 10.2 Å². The van der Waals surface area contributed by atoms with E-state index in [-0.39, 0.29) is 23.8 Å². The van der Waals surface area contributed by atoms with Crippen LogP contribution < -0.4 is 10.1 Å². The number of unbranched alkanes of at least 4 members (excludes halogenated alkanes) is 1. The molecule has 5 nitrogen and oxygen atoms in total. The molecule has 2 amide bonds. The minimum absolute atomic E-state index is 0.129. The Balaban J connectivity index is 1.93. The van der Waals surface area contributed by atoms with Crippen LogP contribution in [0.5, 0.6) is 5.75 Å². The average molecular weight is 515 g/mol. The molecule has 1 atom stereocenters. The number of carbonyl (C=O) groups excluding carboxylic acids is 2. The van der Waals surface area contributed by atoms with Crippen LogP contribution in [0.2, 0.25) is 0 Å². The highest BCUT2D eigenvalue weighted by Gasteiger charge is 2.31. The highest BCUT2D eigenvalue weighted by molar-refractivity contribution is 5.88. The van der Waals surface area contributed by atoms with Crippen molar-refractivity contribution in [1.29, 1.82) is 0 Å². The number of aryl methyl sites for hydroxylation is 1. The van der Waals surface area contributed by atoms with Crippen molar-refractivity contribution in [2.75, 3.05) is 13.2 Å². The van der Waals surface area contributed by atoms with E-state index in [4.69, 9.17) is 4.74 Å². The number of rotatable bonds is 12. The van der Waals surface area contributed by atoms with E-state index in [1.54, 1.807) is 4.90 Å². The summed E-state index contributed by atoms with van der Waals surface area (Å²) in [5, 5.41) is 3.07. The number of hydrogen-bond donors (Lipinski definition) is 1. The Morgan fingerprint density at radius 2 is 1.58 bits per heavy atom. The van der Waals surface area contributed by atoms with Crippen LogP contribution in [-0.2, 0) is 28.0 Å². The minimum Gasteiger partial charge on any atom is -0.483 e. The summed E-state index contributed by atoms with van der Waals surface area (Å²) in [5.41, 5.74) is 4.00. The summed E-state index contributed by atoms with van der Waals surface area (Å²) in [6.45, 7) is 11.3. The average Bonchev–Trinajstić information content (AvgIpc) is 2.90. The molecule has 0 fully saturated rings. The molecule has 3 aromatic carbocycles. The molecule has 0 heterocycles. The van der Waals surface area contributed by atoms with Gasteiger partial charge in [-0.2, -0.15) is 0 Å². The lowest BCUT2D eigenvalue weighted by Gasteiger charge is -2.32. The van der Waals surface area contributed by atoms with Gasteiger partial charge in [0.2, 0.25) is 5.91 Å². The molecule has 0 aromatic heterocycles. The largest absolute Gasteiger partial charge is 0.483 e. The standard InChI is InChI=1S/C33H42N2O3/c1-6-7-21-34-32(37)29(22-26-16-9-8-10-17-26)35(23-27-18-12-11-15-25(27)2)31(36)24-38-30-20-14-13-19-28(30)33(3,4)5/h8-20,29H,6-7,21-24H2,1-5H3,(H,34,37)/t29-/m0/s1. The normalized spacial score (nSPS) is 12.0. The van der Waals surface area contributed by atoms with Crippen molar-refractivity contribution in [3.8, 4) is 5.75 Å². The van der Waals surface area contributed by atoms with Crippen LogP contribution in [-0.4, -0.2) is 35.9 Å². The monoisotopic (exact) mass is 514 g/mol. The number of benzene rings is 3. The van der Waals surface area contributed by atoms with Gasteiger partial charge in [0.1, 0.15) is 11.8 Å². The Hall–Kier alpha value is -3.60. The SMILES string of the molecule is CCCCNC(=O)[C@H](Cc1ccccc1)N(Cc1ccccc1C)C(=O)COc1ccccc1C(C)(C)C. The number of hydrogen-bond acceptors (Lipinski definition) is 3. The number of nitrogens with zero attached hydrogens (tertiary/aromatic N) is 1. The van der Waals surface area contributed by atoms with Crippen LogP contribution in [0.3, 0.4) is 0 Å². The van der Waals surface area contributed by atoms with E-state index in [9.17, 15) is 9.59 Å². The second-order valence-corrected chi connectivity index (χ2v) is 10.8. The molecule has 202 valence electrons. The first kappa shape index (κ1) is 29.0. The minimum atomic E-state index is -0.664. The van der Waals surface area contributed by atoms with Gasteiger partial charge in [-0.3, -0.25) is 9.59 Å². The molecule has 3 aromatic rings. The number of nitrogens with one attached hydrogen (secondary N) is 1. The summed E-state index contributed by atoms with van der Waals surface area (Å²) in [5.74, 6) is 0.332. The van der Waals surface area contributed by atoms with Crippen LogP contribution in [0.25, 0.3) is 0 Å². The van der Waals surface area contributed by atoms with Crippen LogP contribution in [0, 0.1) is 6.92 Å². The first-order valence-corrected chi connectivity index (χ1v) is 13.6. The Labute approximate surface area is 228 Å². The second kappa shape index (κ2) is 13.8. The molecule has 5 heteroatoms. The van der Waals surface area contributed by atoms with E-state index < -0.39 is 6.04 Å². The van der Waals surface area contributed by atoms with Crippen LogP contribution >= 0.6 is 0 Å². The summed E-state index contributed by atoms with van der Waals surface area (Å²) in [4.78, 5) is 29.1. The Kier molecular flexibility index (Phi) is 10.5. The lowest BCUT2D eigenvalue weighted by Crippen LogP contribution is -2.52. The van der Waals surface area contributed by atoms with Crippen molar-refractivity contribution in [2.24, 2.45) is 0 Å². The molecule has 0 spiro atoms. The zero-order valence-corrected chi connectivity index (χ0v) is 23.5. The van der Waals surface area contributed by atoms with Gasteiger partial charge in [0.25, 0.3) is 5.91 Å². The van der Waals surface area contributed by atoms with E-state index in [1.807, 2.05) is 85.8 Å². The molecule has 0 aliphatic rings. The molecule has 0 radical (unpaired) electrons. The Morgan fingerprint density at radius 3 is 2.26 bits per heavy atom. The van der Waals surface area contributed by atoms with Gasteiger partial charge in [0.05, 0.1) is 0 Å². The lowest BCUT2D eigenvalue weighted by molar-refractivity contribution is -0.142. The number of carbonyl (C=O) groups is 2. The van der Waals surface area contributed by atoms with E-state index in [2.05, 4.69) is 33.0 Å². The molecule has 0 bridgehead atoms. The van der Waals surface area contributed by atoms with E-state index in [0.717, 1.165) is 35.1 Å². The van der Waals surface area contributed by atoms with Crippen molar-refractivity contribution in [3.63, 3.8) is 0 Å². The molecular formula is C33H42N2O3. The summed E-state index contributed by atoms with van der Waals surface area (Å²) in [6.07, 6.45) is 2.30. The summed E-state index contributed by atoms with van der Waals surface area (Å²) < 4.78 is 6.13. The first-order chi connectivity index (χ1) is 18.2. The molecule has 0 saturated carbocycles. The molecule has 3 rings (SSSR count). The molecule has 38 heavy (non-hydrogen) atoms. The molecular weight excluding hydrogens is 472 g/mol. The number of ether oxygens (including phenoxy) is 1. The maximum Gasteiger partial charge on any atom is 0.261 e. The van der Waals surface area contributed by atoms with Gasteiger partial charge in [-0.1, -0.05) is 107 Å². The van der Waals surface area contributed by atoms with Gasteiger partial charge in [-0.05, 0) is 47.1 Å². The van der Waals surface area contributed by atoms with Gasteiger partial charge in [0.15, 0.2) is 6.61 Å². The molecule has 1 N–H and O–H groups in total. The summed E-state index contributed by atoms with van der Waals surface area (Å²) >= 11 is 0. The van der Waals surface area contributed by atoms with Crippen molar-refractivity contribution in [3.05, 3.63) is 101 Å². The summed E-state index contributed by atoms with van der Waals surface area (Å²) in [6, 6.07) is 25.0. The third-order valence-electron chi connectivity index (χ3n) is 6.75. The van der Waals surface area contributed by atoms with Crippen molar-refractivity contribution in [2.45, 2.75) is 71.9 Å². The first-order valence-electron chi connectivity index (χ1n) is 13.6. The van der Waals surface area contributed by atoms with Crippen LogP contribution in [0.15, 0.2) is 78.9 Å². The number of amides is 2. The maximum absolute atomic E-state index is 13.9. The number of para-hydroxylation sites is 1. The third kappa shape index (κ3) is 8.20. The Morgan fingerprint density at radius 1 is 0.921 bits per heavy atom. The predicted octanol–water partition coefficient (Wildman–Crippen LogP) is 6.23. The van der Waals surface area contributed by atoms with Gasteiger partial charge in [-0.25, -0.2) is 0 Å². The molecule has 0 aliphatic carbocycles. The van der Waals surface area contributed by atoms with Gasteiger partial charge < -0.3 is 15.0 Å². The zero-order chi connectivity index (χ0) is 27.5. The topological polar surface area (TPSA) is 58.6 Å². The fourth-order valence-electron chi connectivity index (χ4n) is 4.47. The van der Waals surface area contributed by atoms with Crippen LogP contribution in [0.1, 0.15) is 62.8 Å². The summed E-state index contributed by atoms with van der Waals surface area (Å²) in [7, 11) is 0. The fraction of sp³-hybridized carbons (Fsp3) is 0.394. The van der Waals surface area contributed by atoms with Gasteiger partial charge in [0, 0.05) is 19.5 Å². The second-order valence-electron chi connectivity index (χ2n) is 10.8. The quantitative estimate of drug-likeness (QED) is 0.292. The van der Waals surface area contributed by atoms with E-state index in [1.165, 1.54) is 0 Å².